The fraction of sp³-hybridized carbons (Fsp3) is 0.556. The number of carbonyl (C=O) groups is 1. The van der Waals surface area contributed by atoms with Gasteiger partial charge in [-0.05, 0) is 5.56 Å². The number of hydrogen-bond acceptors (Lipinski definition) is 3. The summed E-state index contributed by atoms with van der Waals surface area (Å²) in [6.45, 7) is 3.34. The van der Waals surface area contributed by atoms with Gasteiger partial charge in [0.1, 0.15) is 0 Å². The summed E-state index contributed by atoms with van der Waals surface area (Å²) < 4.78 is 1.58. The van der Waals surface area contributed by atoms with E-state index >= 15 is 0 Å². The minimum Gasteiger partial charge on any atom is -0.479 e. The van der Waals surface area contributed by atoms with E-state index in [1.54, 1.807) is 38.0 Å². The lowest BCUT2D eigenvalue weighted by Crippen LogP contribution is -2.39. The van der Waals surface area contributed by atoms with Crippen LogP contribution in [-0.4, -0.2) is 32.1 Å². The van der Waals surface area contributed by atoms with Crippen LogP contribution in [0.15, 0.2) is 12.4 Å². The van der Waals surface area contributed by atoms with Gasteiger partial charge in [0.2, 0.25) is 0 Å². The van der Waals surface area contributed by atoms with E-state index in [9.17, 15) is 9.90 Å². The average molecular weight is 198 g/mol. The monoisotopic (exact) mass is 198 g/mol. The van der Waals surface area contributed by atoms with Gasteiger partial charge in [-0.2, -0.15) is 5.10 Å². The predicted molar refractivity (Wildman–Crippen MR) is 49.9 cm³/mol. The molecule has 0 aliphatic rings. The molecule has 2 N–H and O–H groups in total. The molecule has 1 atom stereocenters. The molecule has 1 aromatic rings. The van der Waals surface area contributed by atoms with Gasteiger partial charge in [0, 0.05) is 18.7 Å². The second-order valence-corrected chi connectivity index (χ2v) is 3.87. The van der Waals surface area contributed by atoms with Crippen LogP contribution in [0.3, 0.4) is 0 Å². The molecule has 0 bridgehead atoms. The van der Waals surface area contributed by atoms with Crippen molar-refractivity contribution in [3.8, 4) is 0 Å². The molecular formula is C9H14N2O3. The molecule has 78 valence electrons. The maximum Gasteiger partial charge on any atom is 0.333 e. The zero-order valence-corrected chi connectivity index (χ0v) is 8.43. The third kappa shape index (κ3) is 1.77. The number of aliphatic hydroxyl groups excluding tert-OH is 1. The van der Waals surface area contributed by atoms with Crippen molar-refractivity contribution >= 4 is 5.97 Å². The number of aliphatic carboxylic acids is 1. The molecule has 0 radical (unpaired) electrons. The van der Waals surface area contributed by atoms with E-state index in [1.807, 2.05) is 0 Å². The molecule has 1 rings (SSSR count). The highest BCUT2D eigenvalue weighted by Crippen LogP contribution is 2.26. The summed E-state index contributed by atoms with van der Waals surface area (Å²) in [5, 5.41) is 22.1. The van der Waals surface area contributed by atoms with E-state index in [-0.39, 0.29) is 0 Å². The topological polar surface area (TPSA) is 75.4 Å². The van der Waals surface area contributed by atoms with Crippen LogP contribution in [0.1, 0.15) is 19.4 Å². The van der Waals surface area contributed by atoms with Crippen LogP contribution in [-0.2, 0) is 17.3 Å². The number of carboxylic acids is 1. The van der Waals surface area contributed by atoms with Gasteiger partial charge in [-0.3, -0.25) is 4.68 Å². The van der Waals surface area contributed by atoms with Crippen LogP contribution >= 0.6 is 0 Å². The number of aryl methyl sites for hydroxylation is 1. The largest absolute Gasteiger partial charge is 0.479 e. The van der Waals surface area contributed by atoms with Gasteiger partial charge < -0.3 is 10.2 Å². The molecule has 0 saturated heterocycles. The first-order valence-corrected chi connectivity index (χ1v) is 4.25. The molecule has 5 heteroatoms. The summed E-state index contributed by atoms with van der Waals surface area (Å²) >= 11 is 0. The Morgan fingerprint density at radius 2 is 2.21 bits per heavy atom. The van der Waals surface area contributed by atoms with E-state index in [2.05, 4.69) is 5.10 Å². The first kappa shape index (κ1) is 10.7. The van der Waals surface area contributed by atoms with Gasteiger partial charge >= 0.3 is 5.97 Å². The summed E-state index contributed by atoms with van der Waals surface area (Å²) in [7, 11) is 1.74. The van der Waals surface area contributed by atoms with E-state index < -0.39 is 17.5 Å². The minimum absolute atomic E-state index is 0.704. The van der Waals surface area contributed by atoms with Gasteiger partial charge in [0.25, 0.3) is 0 Å². The van der Waals surface area contributed by atoms with Crippen molar-refractivity contribution in [3.05, 3.63) is 18.0 Å². The summed E-state index contributed by atoms with van der Waals surface area (Å²) in [6.07, 6.45) is 1.84. The molecule has 0 amide bonds. The Balaban J connectivity index is 3.01. The fourth-order valence-corrected chi connectivity index (χ4v) is 1.22. The minimum atomic E-state index is -1.42. The van der Waals surface area contributed by atoms with Crippen LogP contribution in [0.5, 0.6) is 0 Å². The number of aromatic nitrogens is 2. The van der Waals surface area contributed by atoms with Gasteiger partial charge in [-0.1, -0.05) is 13.8 Å². The standard InChI is InChI=1S/C9H14N2O3/c1-9(2,7(12)8(13)14)6-4-10-11(3)5-6/h4-5,7,12H,1-3H3,(H,13,14). The second-order valence-electron chi connectivity index (χ2n) is 3.87. The zero-order chi connectivity index (χ0) is 10.9. The maximum absolute atomic E-state index is 10.6. The van der Waals surface area contributed by atoms with Crippen molar-refractivity contribution in [2.45, 2.75) is 25.4 Å². The van der Waals surface area contributed by atoms with Gasteiger partial charge in [0.05, 0.1) is 6.20 Å². The molecule has 0 aromatic carbocycles. The highest BCUT2D eigenvalue weighted by atomic mass is 16.4. The van der Waals surface area contributed by atoms with Crippen LogP contribution in [0, 0.1) is 0 Å². The van der Waals surface area contributed by atoms with E-state index in [0.717, 1.165) is 0 Å². The highest BCUT2D eigenvalue weighted by molar-refractivity contribution is 5.74. The van der Waals surface area contributed by atoms with Crippen LogP contribution in [0.2, 0.25) is 0 Å². The first-order valence-electron chi connectivity index (χ1n) is 4.25. The average Bonchev–Trinajstić information content (AvgIpc) is 2.50. The Hall–Kier alpha value is -1.36. The fourth-order valence-electron chi connectivity index (χ4n) is 1.22. The van der Waals surface area contributed by atoms with Crippen molar-refractivity contribution in [1.29, 1.82) is 0 Å². The van der Waals surface area contributed by atoms with E-state index in [1.165, 1.54) is 0 Å². The summed E-state index contributed by atoms with van der Waals surface area (Å²) in [6, 6.07) is 0. The van der Waals surface area contributed by atoms with Crippen LogP contribution in [0.25, 0.3) is 0 Å². The lowest BCUT2D eigenvalue weighted by atomic mass is 9.81. The molecule has 0 aliphatic carbocycles. The van der Waals surface area contributed by atoms with Gasteiger partial charge in [0.15, 0.2) is 6.10 Å². The van der Waals surface area contributed by atoms with Gasteiger partial charge in [-0.25, -0.2) is 4.79 Å². The Morgan fingerprint density at radius 3 is 2.57 bits per heavy atom. The van der Waals surface area contributed by atoms with Crippen molar-refractivity contribution in [3.63, 3.8) is 0 Å². The number of hydrogen-bond donors (Lipinski definition) is 2. The highest BCUT2D eigenvalue weighted by Gasteiger charge is 2.35. The van der Waals surface area contributed by atoms with E-state index in [4.69, 9.17) is 5.11 Å². The lowest BCUT2D eigenvalue weighted by molar-refractivity contribution is -0.150. The lowest BCUT2D eigenvalue weighted by Gasteiger charge is -2.26. The first-order chi connectivity index (χ1) is 6.35. The Labute approximate surface area is 82.0 Å². The third-order valence-electron chi connectivity index (χ3n) is 2.37. The quantitative estimate of drug-likeness (QED) is 0.724. The molecule has 5 nitrogen and oxygen atoms in total. The van der Waals surface area contributed by atoms with Crippen LogP contribution in [0.4, 0.5) is 0 Å². The molecule has 0 aliphatic heterocycles. The Kier molecular flexibility index (Phi) is 2.62. The summed E-state index contributed by atoms with van der Waals surface area (Å²) in [5.41, 5.74) is -0.130. The Bertz CT molecular complexity index is 344. The van der Waals surface area contributed by atoms with Crippen molar-refractivity contribution in [2.75, 3.05) is 0 Å². The van der Waals surface area contributed by atoms with Gasteiger partial charge in [-0.15, -0.1) is 0 Å². The molecule has 0 saturated carbocycles. The predicted octanol–water partition coefficient (Wildman–Crippen LogP) is 0.143. The van der Waals surface area contributed by atoms with Crippen molar-refractivity contribution < 1.29 is 15.0 Å². The molecule has 1 aromatic heterocycles. The normalized spacial score (nSPS) is 14.0. The SMILES string of the molecule is Cn1cc(C(C)(C)C(O)C(=O)O)cn1. The molecule has 0 fully saturated rings. The molecular weight excluding hydrogens is 184 g/mol. The van der Waals surface area contributed by atoms with E-state index in [0.29, 0.717) is 5.56 Å². The third-order valence-corrected chi connectivity index (χ3v) is 2.37. The number of nitrogens with zero attached hydrogens (tertiary/aromatic N) is 2. The molecule has 0 spiro atoms. The Morgan fingerprint density at radius 1 is 1.64 bits per heavy atom. The zero-order valence-electron chi connectivity index (χ0n) is 8.43. The maximum atomic E-state index is 10.6. The van der Waals surface area contributed by atoms with Crippen molar-refractivity contribution in [2.24, 2.45) is 7.05 Å². The molecule has 1 heterocycles. The van der Waals surface area contributed by atoms with Crippen LogP contribution < -0.4 is 0 Å². The molecule has 1 unspecified atom stereocenters. The second kappa shape index (κ2) is 3.42. The van der Waals surface area contributed by atoms with Crippen molar-refractivity contribution in [1.82, 2.24) is 9.78 Å². The summed E-state index contributed by atoms with van der Waals surface area (Å²) in [5.74, 6) is -1.22. The number of carboxylic acid groups (broad SMARTS) is 1. The smallest absolute Gasteiger partial charge is 0.333 e. The number of rotatable bonds is 3. The summed E-state index contributed by atoms with van der Waals surface area (Å²) in [4.78, 5) is 10.6. The molecule has 14 heavy (non-hydrogen) atoms. The number of aliphatic hydroxyl groups is 1.